The van der Waals surface area contributed by atoms with E-state index >= 15 is 0 Å². The normalized spacial score (nSPS) is 12.2. The van der Waals surface area contributed by atoms with E-state index in [1.807, 2.05) is 38.1 Å². The van der Waals surface area contributed by atoms with Crippen molar-refractivity contribution in [3.8, 4) is 11.1 Å². The molecule has 0 radical (unpaired) electrons. The summed E-state index contributed by atoms with van der Waals surface area (Å²) in [6, 6.07) is 16.3. The number of aliphatic carboxylic acids is 1. The van der Waals surface area contributed by atoms with E-state index in [4.69, 9.17) is 9.84 Å². The van der Waals surface area contributed by atoms with Gasteiger partial charge < -0.3 is 20.1 Å². The Morgan fingerprint density at radius 3 is 2.15 bits per heavy atom. The van der Waals surface area contributed by atoms with Gasteiger partial charge in [0.25, 0.3) is 0 Å². The van der Waals surface area contributed by atoms with Crippen molar-refractivity contribution >= 4 is 18.0 Å². The molecule has 0 saturated heterocycles. The minimum atomic E-state index is -0.863. The number of carbonyl (C=O) groups is 3. The topological polar surface area (TPSA) is 95.9 Å². The number of fused-ring (bicyclic) bond motifs is 3. The number of ether oxygens (including phenoxy) is 1. The average Bonchev–Trinajstić information content (AvgIpc) is 3.11. The summed E-state index contributed by atoms with van der Waals surface area (Å²) in [5.41, 5.74) is 4.68. The first kappa shape index (κ1) is 24.3. The van der Waals surface area contributed by atoms with Gasteiger partial charge >= 0.3 is 12.1 Å². The Bertz CT molecular complexity index is 943. The molecule has 0 fully saturated rings. The van der Waals surface area contributed by atoms with Crippen molar-refractivity contribution in [3.63, 3.8) is 0 Å². The second kappa shape index (κ2) is 11.5. The first-order valence-electron chi connectivity index (χ1n) is 11.5. The number of nitrogens with zero attached hydrogens (tertiary/aromatic N) is 1. The number of benzene rings is 2. The third kappa shape index (κ3) is 6.34. The number of rotatable bonds is 11. The number of carboxylic acids is 1. The summed E-state index contributed by atoms with van der Waals surface area (Å²) in [7, 11) is 0. The molecule has 2 N–H and O–H groups in total. The maximum Gasteiger partial charge on any atom is 0.407 e. The van der Waals surface area contributed by atoms with Crippen LogP contribution in [0, 0.1) is 0 Å². The molecule has 1 aliphatic rings. The van der Waals surface area contributed by atoms with Crippen LogP contribution >= 0.6 is 0 Å². The summed E-state index contributed by atoms with van der Waals surface area (Å²) in [6.07, 6.45) is 0.753. The highest BCUT2D eigenvalue weighted by atomic mass is 16.5. The van der Waals surface area contributed by atoms with Crippen molar-refractivity contribution in [2.75, 3.05) is 19.7 Å². The fourth-order valence-electron chi connectivity index (χ4n) is 4.29. The number of carboxylic acid groups (broad SMARTS) is 1. The molecule has 7 nitrogen and oxygen atoms in total. The molecule has 0 saturated carbocycles. The van der Waals surface area contributed by atoms with E-state index in [9.17, 15) is 14.4 Å². The summed E-state index contributed by atoms with van der Waals surface area (Å²) in [5.74, 6) is -0.890. The Hall–Kier alpha value is -3.35. The predicted molar refractivity (Wildman–Crippen MR) is 126 cm³/mol. The molecular formula is C26H32N2O5. The van der Waals surface area contributed by atoms with Crippen LogP contribution in [0.1, 0.15) is 56.6 Å². The second-order valence-electron chi connectivity index (χ2n) is 8.53. The van der Waals surface area contributed by atoms with E-state index in [0.717, 1.165) is 11.1 Å². The monoisotopic (exact) mass is 452 g/mol. The van der Waals surface area contributed by atoms with Crippen molar-refractivity contribution in [3.05, 3.63) is 59.7 Å². The lowest BCUT2D eigenvalue weighted by Crippen LogP contribution is -2.38. The van der Waals surface area contributed by atoms with Gasteiger partial charge in [0.1, 0.15) is 6.61 Å². The largest absolute Gasteiger partial charge is 0.481 e. The minimum absolute atomic E-state index is 0.00128. The summed E-state index contributed by atoms with van der Waals surface area (Å²) >= 11 is 0. The fourth-order valence-corrected chi connectivity index (χ4v) is 4.29. The maximum atomic E-state index is 12.5. The summed E-state index contributed by atoms with van der Waals surface area (Å²) in [6.45, 7) is 4.83. The molecule has 3 rings (SSSR count). The van der Waals surface area contributed by atoms with Crippen LogP contribution in [-0.4, -0.2) is 53.7 Å². The molecule has 2 aromatic rings. The zero-order valence-electron chi connectivity index (χ0n) is 19.3. The quantitative estimate of drug-likeness (QED) is 0.493. The third-order valence-corrected chi connectivity index (χ3v) is 5.91. The highest BCUT2D eigenvalue weighted by Gasteiger charge is 2.29. The molecule has 0 aromatic heterocycles. The molecule has 7 heteroatoms. The van der Waals surface area contributed by atoms with Crippen LogP contribution in [0.15, 0.2) is 48.5 Å². The van der Waals surface area contributed by atoms with Gasteiger partial charge in [-0.15, -0.1) is 0 Å². The summed E-state index contributed by atoms with van der Waals surface area (Å²) in [4.78, 5) is 37.1. The van der Waals surface area contributed by atoms with Crippen LogP contribution in [0.4, 0.5) is 4.79 Å². The summed E-state index contributed by atoms with van der Waals surface area (Å²) < 4.78 is 5.51. The van der Waals surface area contributed by atoms with Gasteiger partial charge in [-0.1, -0.05) is 48.5 Å². The molecule has 0 aliphatic heterocycles. The molecule has 0 bridgehead atoms. The number of nitrogens with one attached hydrogen (secondary N) is 1. The number of amides is 2. The van der Waals surface area contributed by atoms with Gasteiger partial charge in [-0.25, -0.2) is 4.79 Å². The van der Waals surface area contributed by atoms with Crippen molar-refractivity contribution < 1.29 is 24.2 Å². The lowest BCUT2D eigenvalue weighted by Gasteiger charge is -2.26. The van der Waals surface area contributed by atoms with E-state index < -0.39 is 12.1 Å². The average molecular weight is 453 g/mol. The molecule has 0 atom stereocenters. The number of hydrogen-bond donors (Lipinski definition) is 2. The smallest absolute Gasteiger partial charge is 0.407 e. The highest BCUT2D eigenvalue weighted by molar-refractivity contribution is 5.79. The molecule has 1 aliphatic carbocycles. The highest BCUT2D eigenvalue weighted by Crippen LogP contribution is 2.44. The first-order chi connectivity index (χ1) is 15.9. The number of alkyl carbamates (subject to hydrolysis) is 1. The van der Waals surface area contributed by atoms with E-state index in [2.05, 4.69) is 29.6 Å². The van der Waals surface area contributed by atoms with Crippen LogP contribution in [0.5, 0.6) is 0 Å². The summed E-state index contributed by atoms with van der Waals surface area (Å²) in [5, 5.41) is 11.5. The lowest BCUT2D eigenvalue weighted by atomic mass is 9.98. The Labute approximate surface area is 194 Å². The van der Waals surface area contributed by atoms with Crippen molar-refractivity contribution in [2.24, 2.45) is 0 Å². The standard InChI is InChI=1S/C26H32N2O5/c1-18(2)28(16-8-14-25(30)31)24(29)13-7-15-27-26(32)33-17-23-21-11-5-3-9-19(21)20-10-4-6-12-22(20)23/h3-6,9-12,18,23H,7-8,13-17H2,1-2H3,(H,27,32)(H,30,31). The van der Waals surface area contributed by atoms with Gasteiger partial charge in [0.05, 0.1) is 0 Å². The SMILES string of the molecule is CC(C)N(CCCC(=O)O)C(=O)CCCNC(=O)OCC1c2ccccc2-c2ccccc21. The molecule has 0 spiro atoms. The Kier molecular flexibility index (Phi) is 8.46. The van der Waals surface area contributed by atoms with E-state index in [0.29, 0.717) is 25.9 Å². The molecule has 2 aromatic carbocycles. The van der Waals surface area contributed by atoms with Crippen molar-refractivity contribution in [1.29, 1.82) is 0 Å². The van der Waals surface area contributed by atoms with Crippen molar-refractivity contribution in [2.45, 2.75) is 51.5 Å². The second-order valence-corrected chi connectivity index (χ2v) is 8.53. The van der Waals surface area contributed by atoms with Gasteiger partial charge in [-0.2, -0.15) is 0 Å². The van der Waals surface area contributed by atoms with E-state index in [1.54, 1.807) is 4.90 Å². The fraction of sp³-hybridized carbons (Fsp3) is 0.423. The van der Waals surface area contributed by atoms with E-state index in [-0.39, 0.29) is 37.3 Å². The molecule has 0 heterocycles. The Balaban J connectivity index is 1.42. The zero-order chi connectivity index (χ0) is 23.8. The molecule has 176 valence electrons. The Morgan fingerprint density at radius 2 is 1.58 bits per heavy atom. The van der Waals surface area contributed by atoms with Crippen LogP contribution in [0.2, 0.25) is 0 Å². The predicted octanol–water partition coefficient (Wildman–Crippen LogP) is 4.41. The van der Waals surface area contributed by atoms with Crippen LogP contribution < -0.4 is 5.32 Å². The zero-order valence-corrected chi connectivity index (χ0v) is 19.3. The molecule has 33 heavy (non-hydrogen) atoms. The molecular weight excluding hydrogens is 420 g/mol. The third-order valence-electron chi connectivity index (χ3n) is 5.91. The van der Waals surface area contributed by atoms with Crippen LogP contribution in [0.25, 0.3) is 11.1 Å². The molecule has 2 amide bonds. The lowest BCUT2D eigenvalue weighted by molar-refractivity contribution is -0.138. The number of carbonyl (C=O) groups excluding carboxylic acids is 2. The first-order valence-corrected chi connectivity index (χ1v) is 11.5. The van der Waals surface area contributed by atoms with Crippen LogP contribution in [-0.2, 0) is 14.3 Å². The van der Waals surface area contributed by atoms with E-state index in [1.165, 1.54) is 11.1 Å². The Morgan fingerprint density at radius 1 is 0.970 bits per heavy atom. The van der Waals surface area contributed by atoms with Gasteiger partial charge in [0.2, 0.25) is 5.91 Å². The van der Waals surface area contributed by atoms with Gasteiger partial charge in [0, 0.05) is 37.9 Å². The van der Waals surface area contributed by atoms with Gasteiger partial charge in [0.15, 0.2) is 0 Å². The van der Waals surface area contributed by atoms with Gasteiger partial charge in [-0.05, 0) is 48.9 Å². The van der Waals surface area contributed by atoms with Crippen molar-refractivity contribution in [1.82, 2.24) is 10.2 Å². The maximum absolute atomic E-state index is 12.5. The number of hydrogen-bond acceptors (Lipinski definition) is 4. The molecule has 0 unspecified atom stereocenters. The minimum Gasteiger partial charge on any atom is -0.481 e. The van der Waals surface area contributed by atoms with Crippen LogP contribution in [0.3, 0.4) is 0 Å². The van der Waals surface area contributed by atoms with Gasteiger partial charge in [-0.3, -0.25) is 9.59 Å².